The first-order valence-corrected chi connectivity index (χ1v) is 8.67. The fraction of sp³-hybridized carbons (Fsp3) is 0.214. The fourth-order valence-electron chi connectivity index (χ4n) is 1.90. The van der Waals surface area contributed by atoms with Crippen LogP contribution in [0.25, 0.3) is 5.78 Å². The molecule has 0 fully saturated rings. The molecule has 0 spiro atoms. The van der Waals surface area contributed by atoms with Gasteiger partial charge in [-0.25, -0.2) is 14.9 Å². The number of hydrogen-bond donors (Lipinski definition) is 1. The zero-order valence-corrected chi connectivity index (χ0v) is 14.2. The Balaban J connectivity index is 1.57. The zero-order valence-electron chi connectivity index (χ0n) is 12.6. The minimum absolute atomic E-state index is 0.191. The summed E-state index contributed by atoms with van der Waals surface area (Å²) in [5, 5.41) is 10.7. The SMILES string of the molecule is Cc1cc(C)n2nc(SCC(=O)NN=Cc3cccs3)nc2n1. The average Bonchev–Trinajstić information content (AvgIpc) is 3.14. The van der Waals surface area contributed by atoms with Gasteiger partial charge in [-0.1, -0.05) is 17.8 Å². The number of thiophene rings is 1. The molecule has 3 aromatic heterocycles. The van der Waals surface area contributed by atoms with Crippen molar-refractivity contribution < 1.29 is 4.79 Å². The molecule has 0 unspecified atom stereocenters. The van der Waals surface area contributed by atoms with Crippen molar-refractivity contribution in [2.24, 2.45) is 5.10 Å². The van der Waals surface area contributed by atoms with Gasteiger partial charge < -0.3 is 0 Å². The monoisotopic (exact) mass is 346 g/mol. The van der Waals surface area contributed by atoms with Gasteiger partial charge in [0.05, 0.1) is 12.0 Å². The predicted molar refractivity (Wildman–Crippen MR) is 91.0 cm³/mol. The third kappa shape index (κ3) is 3.93. The van der Waals surface area contributed by atoms with E-state index in [9.17, 15) is 4.79 Å². The Morgan fingerprint density at radius 1 is 1.48 bits per heavy atom. The Bertz CT molecular complexity index is 856. The van der Waals surface area contributed by atoms with Crippen molar-refractivity contribution in [2.75, 3.05) is 5.75 Å². The molecule has 9 heteroatoms. The molecule has 0 aliphatic carbocycles. The lowest BCUT2D eigenvalue weighted by atomic mass is 10.4. The third-order valence-corrected chi connectivity index (χ3v) is 4.50. The summed E-state index contributed by atoms with van der Waals surface area (Å²) in [6.07, 6.45) is 1.62. The normalized spacial score (nSPS) is 11.4. The van der Waals surface area contributed by atoms with Crippen LogP contribution in [0.3, 0.4) is 0 Å². The van der Waals surface area contributed by atoms with Crippen LogP contribution in [-0.4, -0.2) is 37.5 Å². The molecule has 1 N–H and O–H groups in total. The van der Waals surface area contributed by atoms with Crippen LogP contribution >= 0.6 is 23.1 Å². The summed E-state index contributed by atoms with van der Waals surface area (Å²) >= 11 is 2.80. The summed E-state index contributed by atoms with van der Waals surface area (Å²) < 4.78 is 1.67. The minimum atomic E-state index is -0.206. The van der Waals surface area contributed by atoms with E-state index >= 15 is 0 Å². The van der Waals surface area contributed by atoms with Crippen LogP contribution in [0, 0.1) is 13.8 Å². The summed E-state index contributed by atoms with van der Waals surface area (Å²) in [6, 6.07) is 5.78. The number of rotatable bonds is 5. The summed E-state index contributed by atoms with van der Waals surface area (Å²) in [4.78, 5) is 21.4. The number of aromatic nitrogens is 4. The van der Waals surface area contributed by atoms with E-state index < -0.39 is 0 Å². The number of amides is 1. The van der Waals surface area contributed by atoms with Gasteiger partial charge in [0.25, 0.3) is 11.7 Å². The van der Waals surface area contributed by atoms with Gasteiger partial charge in [-0.2, -0.15) is 10.1 Å². The molecule has 0 aliphatic rings. The molecule has 0 saturated heterocycles. The Kier molecular flexibility index (Phi) is 4.68. The maximum Gasteiger partial charge on any atom is 0.253 e. The first kappa shape index (κ1) is 15.6. The first-order valence-electron chi connectivity index (χ1n) is 6.81. The molecule has 0 aliphatic heterocycles. The minimum Gasteiger partial charge on any atom is -0.272 e. The van der Waals surface area contributed by atoms with Crippen molar-refractivity contribution in [2.45, 2.75) is 19.0 Å². The molecule has 0 aromatic carbocycles. The molecule has 0 saturated carbocycles. The number of nitrogens with one attached hydrogen (secondary N) is 1. The quantitative estimate of drug-likeness (QED) is 0.434. The highest BCUT2D eigenvalue weighted by Crippen LogP contribution is 2.15. The molecule has 0 radical (unpaired) electrons. The molecular weight excluding hydrogens is 332 g/mol. The van der Waals surface area contributed by atoms with Crippen LogP contribution < -0.4 is 5.43 Å². The topological polar surface area (TPSA) is 84.5 Å². The fourth-order valence-corrected chi connectivity index (χ4v) is 3.10. The largest absolute Gasteiger partial charge is 0.272 e. The number of thioether (sulfide) groups is 1. The van der Waals surface area contributed by atoms with Crippen LogP contribution in [0.5, 0.6) is 0 Å². The van der Waals surface area contributed by atoms with Gasteiger partial charge in [-0.05, 0) is 31.4 Å². The Morgan fingerprint density at radius 3 is 3.13 bits per heavy atom. The lowest BCUT2D eigenvalue weighted by Crippen LogP contribution is -2.19. The zero-order chi connectivity index (χ0) is 16.2. The summed E-state index contributed by atoms with van der Waals surface area (Å²) in [5.41, 5.74) is 4.33. The standard InChI is InChI=1S/C14H14N6OS2/c1-9-6-10(2)20-13(16-9)17-14(19-20)23-8-12(21)18-15-7-11-4-3-5-22-11/h3-7H,8H2,1-2H3,(H,18,21). The maximum absolute atomic E-state index is 11.8. The number of aryl methyl sites for hydroxylation is 2. The third-order valence-electron chi connectivity index (χ3n) is 2.86. The van der Waals surface area contributed by atoms with Gasteiger partial charge >= 0.3 is 0 Å². The number of nitrogens with zero attached hydrogens (tertiary/aromatic N) is 5. The summed E-state index contributed by atoms with van der Waals surface area (Å²) in [7, 11) is 0. The second-order valence-corrected chi connectivity index (χ2v) is 6.66. The summed E-state index contributed by atoms with van der Waals surface area (Å²) in [5.74, 6) is 0.528. The molecule has 0 atom stereocenters. The van der Waals surface area contributed by atoms with E-state index in [4.69, 9.17) is 0 Å². The lowest BCUT2D eigenvalue weighted by molar-refractivity contribution is -0.118. The number of hydrazone groups is 1. The number of carbonyl (C=O) groups excluding carboxylic acids is 1. The van der Waals surface area contributed by atoms with E-state index in [0.29, 0.717) is 10.9 Å². The van der Waals surface area contributed by atoms with Crippen molar-refractivity contribution in [3.63, 3.8) is 0 Å². The van der Waals surface area contributed by atoms with Gasteiger partial charge in [-0.15, -0.1) is 16.4 Å². The molecule has 0 bridgehead atoms. The smallest absolute Gasteiger partial charge is 0.253 e. The second-order valence-electron chi connectivity index (χ2n) is 4.74. The Labute approximate surface area is 140 Å². The van der Waals surface area contributed by atoms with Gasteiger partial charge in [-0.3, -0.25) is 4.79 Å². The number of carbonyl (C=O) groups is 1. The van der Waals surface area contributed by atoms with E-state index in [1.807, 2.05) is 37.4 Å². The summed E-state index contributed by atoms with van der Waals surface area (Å²) in [6.45, 7) is 3.85. The lowest BCUT2D eigenvalue weighted by Gasteiger charge is -1.97. The molecule has 3 rings (SSSR count). The van der Waals surface area contributed by atoms with Crippen LogP contribution in [0.1, 0.15) is 16.3 Å². The van der Waals surface area contributed by atoms with Gasteiger partial charge in [0, 0.05) is 16.3 Å². The molecule has 7 nitrogen and oxygen atoms in total. The highest BCUT2D eigenvalue weighted by Gasteiger charge is 2.10. The van der Waals surface area contributed by atoms with Gasteiger partial charge in [0.15, 0.2) is 0 Å². The Morgan fingerprint density at radius 2 is 2.35 bits per heavy atom. The van der Waals surface area contributed by atoms with Crippen molar-refractivity contribution >= 4 is 41.0 Å². The van der Waals surface area contributed by atoms with E-state index in [2.05, 4.69) is 25.6 Å². The van der Waals surface area contributed by atoms with Crippen LogP contribution in [0.15, 0.2) is 33.8 Å². The Hall–Kier alpha value is -2.26. The van der Waals surface area contributed by atoms with Gasteiger partial charge in [0.1, 0.15) is 0 Å². The highest BCUT2D eigenvalue weighted by atomic mass is 32.2. The molecule has 1 amide bonds. The van der Waals surface area contributed by atoms with Crippen LogP contribution in [0.4, 0.5) is 0 Å². The van der Waals surface area contributed by atoms with Crippen molar-refractivity contribution in [1.82, 2.24) is 25.0 Å². The van der Waals surface area contributed by atoms with E-state index in [-0.39, 0.29) is 11.7 Å². The van der Waals surface area contributed by atoms with Gasteiger partial charge in [0.2, 0.25) is 5.16 Å². The van der Waals surface area contributed by atoms with Crippen molar-refractivity contribution in [3.05, 3.63) is 39.8 Å². The second kappa shape index (κ2) is 6.88. The first-order chi connectivity index (χ1) is 11.1. The molecule has 3 heterocycles. The molecule has 3 aromatic rings. The van der Waals surface area contributed by atoms with Crippen molar-refractivity contribution in [1.29, 1.82) is 0 Å². The van der Waals surface area contributed by atoms with E-state index in [0.717, 1.165) is 16.3 Å². The van der Waals surface area contributed by atoms with Crippen LogP contribution in [-0.2, 0) is 4.79 Å². The molecule has 23 heavy (non-hydrogen) atoms. The van der Waals surface area contributed by atoms with Crippen molar-refractivity contribution in [3.8, 4) is 0 Å². The molecular formula is C14H14N6OS2. The van der Waals surface area contributed by atoms with E-state index in [1.165, 1.54) is 11.8 Å². The number of hydrogen-bond acceptors (Lipinski definition) is 7. The highest BCUT2D eigenvalue weighted by molar-refractivity contribution is 7.99. The number of fused-ring (bicyclic) bond motifs is 1. The van der Waals surface area contributed by atoms with E-state index in [1.54, 1.807) is 22.1 Å². The van der Waals surface area contributed by atoms with Crippen LogP contribution in [0.2, 0.25) is 0 Å². The predicted octanol–water partition coefficient (Wildman–Crippen LogP) is 2.05. The average molecular weight is 346 g/mol. The maximum atomic E-state index is 11.8. The molecule has 118 valence electrons.